The number of hydrazone groups is 1. The predicted molar refractivity (Wildman–Crippen MR) is 166 cm³/mol. The second kappa shape index (κ2) is 13.3. The van der Waals surface area contributed by atoms with E-state index in [1.165, 1.54) is 5.57 Å². The molecule has 5 rings (SSSR count). The number of piperazine rings is 1. The first-order chi connectivity index (χ1) is 20.3. The smallest absolute Gasteiger partial charge is 0.230 e. The van der Waals surface area contributed by atoms with Crippen molar-refractivity contribution in [3.63, 3.8) is 0 Å². The van der Waals surface area contributed by atoms with E-state index in [1.807, 2.05) is 35.4 Å². The van der Waals surface area contributed by atoms with Crippen molar-refractivity contribution in [2.24, 2.45) is 11.0 Å². The largest absolute Gasteiger partial charge is 0.326 e. The number of carbonyl (C=O) groups is 1. The molecule has 1 saturated heterocycles. The lowest BCUT2D eigenvalue weighted by Crippen LogP contribution is -2.45. The third-order valence-electron chi connectivity index (χ3n) is 8.13. The number of nitrogens with zero attached hydrogens (tertiary/aromatic N) is 5. The van der Waals surface area contributed by atoms with Gasteiger partial charge in [-0.3, -0.25) is 14.7 Å². The number of alkyl halides is 1. The number of allylic oxidation sites excluding steroid dienone is 5. The average Bonchev–Trinajstić information content (AvgIpc) is 2.99. The summed E-state index contributed by atoms with van der Waals surface area (Å²) in [6.45, 7) is 13.8. The Morgan fingerprint density at radius 2 is 1.93 bits per heavy atom. The van der Waals surface area contributed by atoms with Crippen LogP contribution >= 0.6 is 0 Å². The number of hydrogen-bond acceptors (Lipinski definition) is 6. The van der Waals surface area contributed by atoms with Gasteiger partial charge in [-0.05, 0) is 85.5 Å². The van der Waals surface area contributed by atoms with Crippen molar-refractivity contribution < 1.29 is 9.18 Å². The third-order valence-corrected chi connectivity index (χ3v) is 8.13. The lowest BCUT2D eigenvalue weighted by atomic mass is 9.95. The average molecular weight is 567 g/mol. The topological polar surface area (TPSA) is 64.1 Å². The Morgan fingerprint density at radius 3 is 2.69 bits per heavy atom. The van der Waals surface area contributed by atoms with E-state index in [0.717, 1.165) is 55.2 Å². The Labute approximate surface area is 248 Å². The molecule has 0 saturated carbocycles. The van der Waals surface area contributed by atoms with Crippen LogP contribution in [0, 0.1) is 17.8 Å². The maximum atomic E-state index is 14.6. The minimum atomic E-state index is -1.13. The molecule has 2 unspecified atom stereocenters. The summed E-state index contributed by atoms with van der Waals surface area (Å²) in [6, 6.07) is 9.22. The molecule has 42 heavy (non-hydrogen) atoms. The Kier molecular flexibility index (Phi) is 9.31. The number of aromatic nitrogens is 1. The van der Waals surface area contributed by atoms with E-state index >= 15 is 0 Å². The van der Waals surface area contributed by atoms with Crippen molar-refractivity contribution in [2.75, 3.05) is 38.0 Å². The molecule has 1 aromatic carbocycles. The van der Waals surface area contributed by atoms with Crippen LogP contribution in [0.3, 0.4) is 0 Å². The van der Waals surface area contributed by atoms with E-state index in [4.69, 9.17) is 0 Å². The quantitative estimate of drug-likeness (QED) is 0.452. The molecule has 0 spiro atoms. The second-order valence-corrected chi connectivity index (χ2v) is 11.1. The van der Waals surface area contributed by atoms with Gasteiger partial charge in [0.05, 0.1) is 17.8 Å². The summed E-state index contributed by atoms with van der Waals surface area (Å²) in [4.78, 5) is 22.1. The fraction of sp³-hybridized carbons (Fsp3) is 0.382. The third kappa shape index (κ3) is 7.04. The SMILES string of the molecule is CCN1CCN(Cc2ccc(NC(=O)Cc3cc(C#CC4=CC(C)C(C)=C5C=CC=NN45)ccn3)cc2C(C)F)CC1. The van der Waals surface area contributed by atoms with Gasteiger partial charge in [-0.1, -0.05) is 25.8 Å². The van der Waals surface area contributed by atoms with E-state index in [2.05, 4.69) is 70.0 Å². The lowest BCUT2D eigenvalue weighted by molar-refractivity contribution is -0.115. The summed E-state index contributed by atoms with van der Waals surface area (Å²) in [5, 5.41) is 9.28. The Bertz CT molecular complexity index is 1500. The highest BCUT2D eigenvalue weighted by atomic mass is 19.1. The zero-order valence-electron chi connectivity index (χ0n) is 24.9. The van der Waals surface area contributed by atoms with Crippen LogP contribution < -0.4 is 5.32 Å². The highest BCUT2D eigenvalue weighted by Gasteiger charge is 2.23. The molecule has 1 aromatic heterocycles. The first kappa shape index (κ1) is 29.4. The molecule has 1 N–H and O–H groups in total. The number of rotatable bonds is 7. The van der Waals surface area contributed by atoms with Gasteiger partial charge >= 0.3 is 0 Å². The van der Waals surface area contributed by atoms with Crippen LogP contribution in [-0.4, -0.2) is 64.6 Å². The number of pyridine rings is 1. The first-order valence-corrected chi connectivity index (χ1v) is 14.7. The van der Waals surface area contributed by atoms with Crippen molar-refractivity contribution >= 4 is 17.8 Å². The number of amides is 1. The molecule has 0 aliphatic carbocycles. The van der Waals surface area contributed by atoms with Crippen LogP contribution in [0.5, 0.6) is 0 Å². The summed E-state index contributed by atoms with van der Waals surface area (Å²) in [7, 11) is 0. The van der Waals surface area contributed by atoms with Gasteiger partial charge in [0, 0.05) is 62.3 Å². The van der Waals surface area contributed by atoms with E-state index in [0.29, 0.717) is 23.5 Å². The highest BCUT2D eigenvalue weighted by molar-refractivity contribution is 5.92. The number of hydrogen-bond donors (Lipinski definition) is 1. The minimum absolute atomic E-state index is 0.0898. The predicted octanol–water partition coefficient (Wildman–Crippen LogP) is 5.45. The van der Waals surface area contributed by atoms with Crippen molar-refractivity contribution in [2.45, 2.75) is 46.8 Å². The lowest BCUT2D eigenvalue weighted by Gasteiger charge is -2.34. The number of benzene rings is 1. The maximum absolute atomic E-state index is 14.6. The molecule has 2 aromatic rings. The van der Waals surface area contributed by atoms with Gasteiger partial charge in [-0.25, -0.2) is 9.40 Å². The first-order valence-electron chi connectivity index (χ1n) is 14.7. The van der Waals surface area contributed by atoms with Gasteiger partial charge in [0.15, 0.2) is 0 Å². The van der Waals surface area contributed by atoms with Gasteiger partial charge in [-0.15, -0.1) is 0 Å². The molecule has 7 nitrogen and oxygen atoms in total. The summed E-state index contributed by atoms with van der Waals surface area (Å²) < 4.78 is 14.6. The molecular formula is C34H39FN6O. The number of carbonyl (C=O) groups excluding carboxylic acids is 1. The summed E-state index contributed by atoms with van der Waals surface area (Å²) >= 11 is 0. The summed E-state index contributed by atoms with van der Waals surface area (Å²) in [5.41, 5.74) is 6.68. The molecule has 0 bridgehead atoms. The van der Waals surface area contributed by atoms with Crippen molar-refractivity contribution in [3.05, 3.63) is 94.1 Å². The monoisotopic (exact) mass is 566 g/mol. The van der Waals surface area contributed by atoms with E-state index in [1.54, 1.807) is 25.4 Å². The van der Waals surface area contributed by atoms with Crippen LogP contribution in [0.1, 0.15) is 56.3 Å². The van der Waals surface area contributed by atoms with Crippen molar-refractivity contribution in [1.29, 1.82) is 0 Å². The maximum Gasteiger partial charge on any atom is 0.230 e. The molecule has 218 valence electrons. The van der Waals surface area contributed by atoms with Crippen molar-refractivity contribution in [1.82, 2.24) is 19.8 Å². The summed E-state index contributed by atoms with van der Waals surface area (Å²) in [5.74, 6) is 6.52. The Hall–Kier alpha value is -4.06. The van der Waals surface area contributed by atoms with Gasteiger partial charge in [0.1, 0.15) is 11.9 Å². The van der Waals surface area contributed by atoms with E-state index in [-0.39, 0.29) is 18.2 Å². The number of likely N-dealkylation sites (N-methyl/N-ethyl adjacent to an activating group) is 1. The number of nitrogens with one attached hydrogen (secondary N) is 1. The van der Waals surface area contributed by atoms with Crippen LogP contribution in [0.4, 0.5) is 10.1 Å². The highest BCUT2D eigenvalue weighted by Crippen LogP contribution is 2.31. The van der Waals surface area contributed by atoms with Gasteiger partial charge in [-0.2, -0.15) is 5.10 Å². The Morgan fingerprint density at radius 1 is 1.14 bits per heavy atom. The van der Waals surface area contributed by atoms with Crippen LogP contribution in [-0.2, 0) is 17.8 Å². The molecule has 3 aliphatic heterocycles. The van der Waals surface area contributed by atoms with Gasteiger partial charge in [0.2, 0.25) is 5.91 Å². The number of halogens is 1. The molecule has 8 heteroatoms. The number of anilines is 1. The van der Waals surface area contributed by atoms with Gasteiger partial charge in [0.25, 0.3) is 0 Å². The van der Waals surface area contributed by atoms with Crippen LogP contribution in [0.2, 0.25) is 0 Å². The molecule has 0 radical (unpaired) electrons. The zero-order valence-corrected chi connectivity index (χ0v) is 24.9. The van der Waals surface area contributed by atoms with Gasteiger partial charge < -0.3 is 10.2 Å². The fourth-order valence-corrected chi connectivity index (χ4v) is 5.47. The molecule has 4 heterocycles. The van der Waals surface area contributed by atoms with Crippen LogP contribution in [0.15, 0.2) is 76.8 Å². The minimum Gasteiger partial charge on any atom is -0.326 e. The summed E-state index contributed by atoms with van der Waals surface area (Å²) in [6.07, 6.45) is 8.48. The molecular weight excluding hydrogens is 527 g/mol. The molecule has 3 aliphatic rings. The van der Waals surface area contributed by atoms with Crippen LogP contribution in [0.25, 0.3) is 0 Å². The zero-order chi connectivity index (χ0) is 29.6. The molecule has 1 fully saturated rings. The van der Waals surface area contributed by atoms with Crippen molar-refractivity contribution in [3.8, 4) is 11.8 Å². The second-order valence-electron chi connectivity index (χ2n) is 11.1. The normalized spacial score (nSPS) is 19.6. The standard InChI is InChI=1S/C34H39FN6O/c1-5-39-15-17-40(18-16-39)23-28-9-10-29(21-32(28)26(4)35)38-34(42)22-30-20-27(12-14-36-30)8-11-31-19-24(2)25(3)33-7-6-13-37-41(31)33/h6-7,9-10,12-14,19-21,24,26H,5,15-18,22-23H2,1-4H3,(H,38,42). The number of fused-ring (bicyclic) bond motifs is 1. The fourth-order valence-electron chi connectivity index (χ4n) is 5.47. The molecule has 1 amide bonds. The molecule has 2 atom stereocenters. The van der Waals surface area contributed by atoms with E-state index < -0.39 is 6.17 Å². The Balaban J connectivity index is 1.22. The van der Waals surface area contributed by atoms with E-state index in [9.17, 15) is 9.18 Å².